The van der Waals surface area contributed by atoms with Crippen LogP contribution < -0.4 is 5.32 Å². The Hall–Kier alpha value is -1.36. The number of carbonyl (C=O) groups is 1. The fourth-order valence-corrected chi connectivity index (χ4v) is 2.55. The maximum atomic E-state index is 11.7. The van der Waals surface area contributed by atoms with Gasteiger partial charge in [0.25, 0.3) is 5.91 Å². The minimum Gasteiger partial charge on any atom is -0.388 e. The Balaban J connectivity index is 1.86. The van der Waals surface area contributed by atoms with Gasteiger partial charge < -0.3 is 14.9 Å². The number of nitrogens with one attached hydrogen (secondary N) is 1. The largest absolute Gasteiger partial charge is 0.388 e. The van der Waals surface area contributed by atoms with Crippen LogP contribution in [0, 0.1) is 5.92 Å². The van der Waals surface area contributed by atoms with Crippen molar-refractivity contribution < 1.29 is 14.4 Å². The summed E-state index contributed by atoms with van der Waals surface area (Å²) < 4.78 is 4.61. The molecule has 2 N–H and O–H groups in total. The summed E-state index contributed by atoms with van der Waals surface area (Å²) in [6.07, 6.45) is 7.00. The van der Waals surface area contributed by atoms with Crippen molar-refractivity contribution >= 4 is 5.91 Å². The van der Waals surface area contributed by atoms with Gasteiger partial charge in [0.2, 0.25) is 0 Å². The maximum absolute atomic E-state index is 11.7. The van der Waals surface area contributed by atoms with E-state index in [0.717, 1.165) is 25.7 Å². The molecule has 0 spiro atoms. The third-order valence-corrected chi connectivity index (χ3v) is 3.76. The van der Waals surface area contributed by atoms with E-state index in [1.807, 2.05) is 0 Å². The van der Waals surface area contributed by atoms with Crippen molar-refractivity contribution in [3.05, 3.63) is 18.0 Å². The lowest BCUT2D eigenvalue weighted by atomic mass is 9.78. The molecular formula is C13H20N2O3. The highest BCUT2D eigenvalue weighted by Crippen LogP contribution is 2.32. The van der Waals surface area contributed by atoms with Crippen LogP contribution in [0.15, 0.2) is 16.9 Å². The molecule has 18 heavy (non-hydrogen) atoms. The minimum atomic E-state index is -0.847. The van der Waals surface area contributed by atoms with Crippen LogP contribution in [0.25, 0.3) is 0 Å². The first kappa shape index (κ1) is 13.1. The Bertz CT molecular complexity index is 381. The van der Waals surface area contributed by atoms with Crippen LogP contribution in [0.3, 0.4) is 0 Å². The molecule has 1 saturated carbocycles. The third-order valence-electron chi connectivity index (χ3n) is 3.76. The number of aliphatic hydroxyl groups is 1. The van der Waals surface area contributed by atoms with E-state index in [1.165, 1.54) is 18.8 Å². The van der Waals surface area contributed by atoms with Gasteiger partial charge in [-0.25, -0.2) is 0 Å². The van der Waals surface area contributed by atoms with Crippen molar-refractivity contribution in [3.8, 4) is 0 Å². The van der Waals surface area contributed by atoms with E-state index in [9.17, 15) is 9.90 Å². The van der Waals surface area contributed by atoms with Crippen molar-refractivity contribution in [2.45, 2.75) is 44.6 Å². The fourth-order valence-electron chi connectivity index (χ4n) is 2.55. The van der Waals surface area contributed by atoms with Gasteiger partial charge in [-0.2, -0.15) is 0 Å². The summed E-state index contributed by atoms with van der Waals surface area (Å²) in [7, 11) is 0. The van der Waals surface area contributed by atoms with Crippen LogP contribution in [-0.2, 0) is 0 Å². The van der Waals surface area contributed by atoms with Crippen LogP contribution in [0.5, 0.6) is 0 Å². The second-order valence-corrected chi connectivity index (χ2v) is 5.26. The van der Waals surface area contributed by atoms with Gasteiger partial charge in [-0.1, -0.05) is 24.4 Å². The molecule has 100 valence electrons. The Kier molecular flexibility index (Phi) is 4.01. The smallest absolute Gasteiger partial charge is 0.273 e. The number of hydrogen-bond acceptors (Lipinski definition) is 4. The molecule has 0 bridgehead atoms. The van der Waals surface area contributed by atoms with Gasteiger partial charge >= 0.3 is 0 Å². The summed E-state index contributed by atoms with van der Waals surface area (Å²) in [5, 5.41) is 16.7. The van der Waals surface area contributed by atoms with Gasteiger partial charge in [0.15, 0.2) is 5.69 Å². The molecule has 5 nitrogen and oxygen atoms in total. The van der Waals surface area contributed by atoms with Crippen LogP contribution >= 0.6 is 0 Å². The molecule has 0 unspecified atom stereocenters. The Morgan fingerprint density at radius 2 is 2.28 bits per heavy atom. The SMILES string of the molecule is C[C@@](O)(CNC(=O)c1ccon1)C1CCCCC1. The van der Waals surface area contributed by atoms with Crippen molar-refractivity contribution in [1.82, 2.24) is 10.5 Å². The maximum Gasteiger partial charge on any atom is 0.273 e. The molecule has 1 amide bonds. The molecule has 1 aromatic heterocycles. The molecule has 1 heterocycles. The molecule has 1 aliphatic rings. The molecule has 1 atom stereocenters. The molecule has 0 aromatic carbocycles. The standard InChI is InChI=1S/C13H20N2O3/c1-13(17,10-5-3-2-4-6-10)9-14-12(16)11-7-8-18-15-11/h7-8,10,17H,2-6,9H2,1H3,(H,14,16)/t13-/m1/s1. The first-order chi connectivity index (χ1) is 8.59. The van der Waals surface area contributed by atoms with Gasteiger partial charge in [0, 0.05) is 12.6 Å². The average molecular weight is 252 g/mol. The van der Waals surface area contributed by atoms with Crippen molar-refractivity contribution in [1.29, 1.82) is 0 Å². The topological polar surface area (TPSA) is 75.4 Å². The fraction of sp³-hybridized carbons (Fsp3) is 0.692. The summed E-state index contributed by atoms with van der Waals surface area (Å²) in [6, 6.07) is 1.50. The van der Waals surface area contributed by atoms with Gasteiger partial charge in [0.05, 0.1) is 5.60 Å². The highest BCUT2D eigenvalue weighted by atomic mass is 16.5. The second-order valence-electron chi connectivity index (χ2n) is 5.26. The second kappa shape index (κ2) is 5.52. The van der Waals surface area contributed by atoms with E-state index >= 15 is 0 Å². The van der Waals surface area contributed by atoms with E-state index in [1.54, 1.807) is 6.92 Å². The van der Waals surface area contributed by atoms with E-state index in [2.05, 4.69) is 15.0 Å². The summed E-state index contributed by atoms with van der Waals surface area (Å²) in [6.45, 7) is 2.05. The molecule has 0 radical (unpaired) electrons. The summed E-state index contributed by atoms with van der Waals surface area (Å²) >= 11 is 0. The zero-order chi connectivity index (χ0) is 13.0. The van der Waals surface area contributed by atoms with E-state index in [4.69, 9.17) is 0 Å². The molecule has 1 aromatic rings. The van der Waals surface area contributed by atoms with Crippen molar-refractivity contribution in [2.75, 3.05) is 6.54 Å². The lowest BCUT2D eigenvalue weighted by molar-refractivity contribution is -0.0144. The Morgan fingerprint density at radius 1 is 1.56 bits per heavy atom. The van der Waals surface area contributed by atoms with Crippen LogP contribution in [-0.4, -0.2) is 28.3 Å². The average Bonchev–Trinajstić information content (AvgIpc) is 2.91. The Labute approximate surface area is 107 Å². The van der Waals surface area contributed by atoms with Crippen LogP contribution in [0.4, 0.5) is 0 Å². The van der Waals surface area contributed by atoms with Gasteiger partial charge in [-0.15, -0.1) is 0 Å². The number of amides is 1. The molecular weight excluding hydrogens is 232 g/mol. The molecule has 5 heteroatoms. The van der Waals surface area contributed by atoms with E-state index in [-0.39, 0.29) is 24.1 Å². The predicted molar refractivity (Wildman–Crippen MR) is 66.0 cm³/mol. The number of nitrogens with zero attached hydrogens (tertiary/aromatic N) is 1. The number of aromatic nitrogens is 1. The quantitative estimate of drug-likeness (QED) is 0.855. The number of rotatable bonds is 4. The number of hydrogen-bond donors (Lipinski definition) is 2. The molecule has 1 aliphatic carbocycles. The molecule has 0 aliphatic heterocycles. The zero-order valence-electron chi connectivity index (χ0n) is 10.7. The van der Waals surface area contributed by atoms with E-state index < -0.39 is 5.60 Å². The predicted octanol–water partition coefficient (Wildman–Crippen LogP) is 1.74. The first-order valence-corrected chi connectivity index (χ1v) is 6.50. The van der Waals surface area contributed by atoms with Gasteiger partial charge in [0.1, 0.15) is 6.26 Å². The van der Waals surface area contributed by atoms with E-state index in [0.29, 0.717) is 0 Å². The minimum absolute atomic E-state index is 0.245. The lowest BCUT2D eigenvalue weighted by Gasteiger charge is -2.35. The monoisotopic (exact) mass is 252 g/mol. The van der Waals surface area contributed by atoms with Gasteiger partial charge in [-0.3, -0.25) is 4.79 Å². The summed E-state index contributed by atoms with van der Waals surface area (Å²) in [5.41, 5.74) is -0.603. The molecule has 2 rings (SSSR count). The normalized spacial score (nSPS) is 20.3. The van der Waals surface area contributed by atoms with Crippen molar-refractivity contribution in [2.24, 2.45) is 5.92 Å². The summed E-state index contributed by atoms with van der Waals surface area (Å²) in [4.78, 5) is 11.7. The van der Waals surface area contributed by atoms with Crippen LogP contribution in [0.2, 0.25) is 0 Å². The van der Waals surface area contributed by atoms with Crippen LogP contribution in [0.1, 0.15) is 49.5 Å². The number of carbonyl (C=O) groups excluding carboxylic acids is 1. The zero-order valence-corrected chi connectivity index (χ0v) is 10.7. The molecule has 0 saturated heterocycles. The highest BCUT2D eigenvalue weighted by Gasteiger charge is 2.33. The molecule has 1 fully saturated rings. The van der Waals surface area contributed by atoms with Crippen molar-refractivity contribution in [3.63, 3.8) is 0 Å². The Morgan fingerprint density at radius 3 is 2.89 bits per heavy atom. The van der Waals surface area contributed by atoms with Gasteiger partial charge in [-0.05, 0) is 25.7 Å². The summed E-state index contributed by atoms with van der Waals surface area (Å²) in [5.74, 6) is -0.0382. The third kappa shape index (κ3) is 3.10. The highest BCUT2D eigenvalue weighted by molar-refractivity contribution is 5.91. The first-order valence-electron chi connectivity index (χ1n) is 6.50. The lowest BCUT2D eigenvalue weighted by Crippen LogP contribution is -2.46.